The third-order valence-electron chi connectivity index (χ3n) is 5.00. The van der Waals surface area contributed by atoms with E-state index in [1.165, 1.54) is 0 Å². The average molecular weight is 425 g/mol. The highest BCUT2D eigenvalue weighted by Crippen LogP contribution is 2.31. The number of fused-ring (bicyclic) bond motifs is 1. The molecular weight excluding hydrogens is 396 g/mol. The molecule has 0 amide bonds. The maximum atomic E-state index is 5.71. The maximum Gasteiger partial charge on any atom is 0.194 e. The molecule has 164 valence electrons. The van der Waals surface area contributed by atoms with E-state index < -0.39 is 0 Å². The van der Waals surface area contributed by atoms with Crippen molar-refractivity contribution in [3.05, 3.63) is 60.1 Å². The average Bonchev–Trinajstić information content (AvgIpc) is 3.47. The first-order valence-electron chi connectivity index (χ1n) is 10.5. The van der Waals surface area contributed by atoms with Crippen LogP contribution in [0.5, 0.6) is 11.5 Å². The number of aromatic nitrogens is 3. The Hall–Kier alpha value is -3.49. The number of furan rings is 1. The van der Waals surface area contributed by atoms with Crippen molar-refractivity contribution >= 4 is 5.96 Å². The van der Waals surface area contributed by atoms with Gasteiger partial charge in [-0.25, -0.2) is 4.99 Å². The first-order chi connectivity index (χ1) is 15.2. The number of nitrogens with one attached hydrogen (secondary N) is 1. The van der Waals surface area contributed by atoms with Crippen molar-refractivity contribution < 1.29 is 13.9 Å². The van der Waals surface area contributed by atoms with Crippen molar-refractivity contribution in [2.24, 2.45) is 4.99 Å². The molecule has 3 heterocycles. The third kappa shape index (κ3) is 5.36. The zero-order valence-electron chi connectivity index (χ0n) is 18.0. The molecule has 1 aliphatic heterocycles. The van der Waals surface area contributed by atoms with Crippen LogP contribution in [0.3, 0.4) is 0 Å². The summed E-state index contributed by atoms with van der Waals surface area (Å²) in [5, 5.41) is 11.6. The van der Waals surface area contributed by atoms with Crippen molar-refractivity contribution in [2.45, 2.75) is 33.0 Å². The second-order valence-corrected chi connectivity index (χ2v) is 7.27. The van der Waals surface area contributed by atoms with E-state index in [9.17, 15) is 0 Å². The molecule has 1 aliphatic rings. The molecule has 0 unspecified atom stereocenters. The van der Waals surface area contributed by atoms with Gasteiger partial charge in [-0.05, 0) is 29.8 Å². The lowest BCUT2D eigenvalue weighted by Crippen LogP contribution is -2.40. The van der Waals surface area contributed by atoms with Crippen LogP contribution in [-0.4, -0.2) is 52.4 Å². The Morgan fingerprint density at radius 1 is 1.23 bits per heavy atom. The first-order valence-corrected chi connectivity index (χ1v) is 10.5. The Morgan fingerprint density at radius 3 is 2.90 bits per heavy atom. The van der Waals surface area contributed by atoms with Gasteiger partial charge in [0.25, 0.3) is 0 Å². The zero-order chi connectivity index (χ0) is 21.5. The van der Waals surface area contributed by atoms with E-state index in [1.54, 1.807) is 12.6 Å². The van der Waals surface area contributed by atoms with Crippen molar-refractivity contribution in [3.63, 3.8) is 0 Å². The van der Waals surface area contributed by atoms with Crippen molar-refractivity contribution in [2.75, 3.05) is 26.8 Å². The van der Waals surface area contributed by atoms with Gasteiger partial charge in [-0.1, -0.05) is 13.0 Å². The van der Waals surface area contributed by atoms with Gasteiger partial charge in [-0.2, -0.15) is 0 Å². The maximum absolute atomic E-state index is 5.71. The number of aryl methyl sites for hydroxylation is 1. The molecule has 0 saturated heterocycles. The van der Waals surface area contributed by atoms with E-state index in [4.69, 9.17) is 18.9 Å². The van der Waals surface area contributed by atoms with Crippen molar-refractivity contribution in [1.29, 1.82) is 0 Å². The Morgan fingerprint density at radius 2 is 2.10 bits per heavy atom. The van der Waals surface area contributed by atoms with Gasteiger partial charge in [0.05, 0.1) is 6.26 Å². The fourth-order valence-electron chi connectivity index (χ4n) is 3.43. The molecule has 31 heavy (non-hydrogen) atoms. The predicted molar refractivity (Wildman–Crippen MR) is 116 cm³/mol. The molecule has 3 aromatic rings. The fraction of sp³-hybridized carbons (Fsp3) is 0.409. The Kier molecular flexibility index (Phi) is 6.71. The molecule has 0 spiro atoms. The summed E-state index contributed by atoms with van der Waals surface area (Å²) in [4.78, 5) is 6.84. The summed E-state index contributed by atoms with van der Waals surface area (Å²) in [5.74, 6) is 4.17. The quantitative estimate of drug-likeness (QED) is 0.439. The smallest absolute Gasteiger partial charge is 0.194 e. The number of rotatable bonds is 8. The summed E-state index contributed by atoms with van der Waals surface area (Å²) in [6.45, 7) is 5.84. The normalized spacial score (nSPS) is 13.3. The highest BCUT2D eigenvalue weighted by atomic mass is 16.6. The molecule has 1 N–H and O–H groups in total. The van der Waals surface area contributed by atoms with E-state index in [0.717, 1.165) is 47.6 Å². The predicted octanol–water partition coefficient (Wildman–Crippen LogP) is 2.48. The molecule has 0 saturated carbocycles. The minimum atomic E-state index is 0.466. The number of nitrogens with zero attached hydrogens (tertiary/aromatic N) is 5. The zero-order valence-corrected chi connectivity index (χ0v) is 18.0. The standard InChI is InChI=1S/C22H28N6O3/c1-3-21-26-25-16-28(21)9-8-23-22(24-14-18-5-4-10-29-18)27(2)15-17-6-7-19-20(13-17)31-12-11-30-19/h4-7,10,13,16H,3,8-9,11-12,14-15H2,1-2H3,(H,23,24). The first kappa shape index (κ1) is 20.8. The minimum absolute atomic E-state index is 0.466. The van der Waals surface area contributed by atoms with Crippen LogP contribution in [-0.2, 0) is 26.1 Å². The summed E-state index contributed by atoms with van der Waals surface area (Å²) in [7, 11) is 2.01. The van der Waals surface area contributed by atoms with Crippen molar-refractivity contribution in [1.82, 2.24) is 25.0 Å². The number of aliphatic imine (C=N–C) groups is 1. The third-order valence-corrected chi connectivity index (χ3v) is 5.00. The van der Waals surface area contributed by atoms with Crippen LogP contribution in [0.4, 0.5) is 0 Å². The Labute approximate surface area is 181 Å². The number of guanidine groups is 1. The summed E-state index contributed by atoms with van der Waals surface area (Å²) in [5.41, 5.74) is 1.12. The summed E-state index contributed by atoms with van der Waals surface area (Å²) in [6.07, 6.45) is 4.28. The van der Waals surface area contributed by atoms with E-state index in [0.29, 0.717) is 32.8 Å². The summed E-state index contributed by atoms with van der Waals surface area (Å²) >= 11 is 0. The van der Waals surface area contributed by atoms with Gasteiger partial charge < -0.3 is 28.7 Å². The summed E-state index contributed by atoms with van der Waals surface area (Å²) in [6, 6.07) is 9.84. The van der Waals surface area contributed by atoms with Crippen LogP contribution < -0.4 is 14.8 Å². The molecule has 0 fully saturated rings. The van der Waals surface area contributed by atoms with Gasteiger partial charge >= 0.3 is 0 Å². The number of ether oxygens (including phenoxy) is 2. The Balaban J connectivity index is 1.43. The number of hydrogen-bond donors (Lipinski definition) is 1. The van der Waals surface area contributed by atoms with E-state index >= 15 is 0 Å². The second-order valence-electron chi connectivity index (χ2n) is 7.27. The summed E-state index contributed by atoms with van der Waals surface area (Å²) < 4.78 is 18.8. The highest BCUT2D eigenvalue weighted by Gasteiger charge is 2.14. The fourth-order valence-corrected chi connectivity index (χ4v) is 3.43. The van der Waals surface area contributed by atoms with Crippen LogP contribution >= 0.6 is 0 Å². The molecule has 0 bridgehead atoms. The molecule has 1 aromatic carbocycles. The van der Waals surface area contributed by atoms with E-state index in [1.807, 2.05) is 31.3 Å². The lowest BCUT2D eigenvalue weighted by molar-refractivity contribution is 0.171. The van der Waals surface area contributed by atoms with Crippen LogP contribution in [0.15, 0.2) is 52.3 Å². The van der Waals surface area contributed by atoms with Gasteiger partial charge in [-0.15, -0.1) is 10.2 Å². The molecule has 0 atom stereocenters. The lowest BCUT2D eigenvalue weighted by Gasteiger charge is -2.24. The van der Waals surface area contributed by atoms with Crippen LogP contribution in [0.2, 0.25) is 0 Å². The molecule has 2 aromatic heterocycles. The molecule has 0 aliphatic carbocycles. The SMILES string of the molecule is CCc1nncn1CCNC(=NCc1ccco1)N(C)Cc1ccc2c(c1)OCCO2. The molecule has 9 heteroatoms. The van der Waals surface area contributed by atoms with Crippen LogP contribution in [0.25, 0.3) is 0 Å². The Bertz CT molecular complexity index is 999. The van der Waals surface area contributed by atoms with Crippen LogP contribution in [0, 0.1) is 0 Å². The monoisotopic (exact) mass is 424 g/mol. The molecule has 0 radical (unpaired) electrons. The van der Waals surface area contributed by atoms with Gasteiger partial charge in [-0.3, -0.25) is 0 Å². The minimum Gasteiger partial charge on any atom is -0.486 e. The van der Waals surface area contributed by atoms with Gasteiger partial charge in [0.2, 0.25) is 0 Å². The highest BCUT2D eigenvalue weighted by molar-refractivity contribution is 5.79. The lowest BCUT2D eigenvalue weighted by atomic mass is 10.2. The topological polar surface area (TPSA) is 89.9 Å². The molecule has 4 rings (SSSR count). The molecule has 9 nitrogen and oxygen atoms in total. The second kappa shape index (κ2) is 10.0. The van der Waals surface area contributed by atoms with Crippen molar-refractivity contribution in [3.8, 4) is 11.5 Å². The number of benzene rings is 1. The van der Waals surface area contributed by atoms with Gasteiger partial charge in [0, 0.05) is 33.1 Å². The van der Waals surface area contributed by atoms with E-state index in [2.05, 4.69) is 38.0 Å². The number of hydrogen-bond acceptors (Lipinski definition) is 6. The van der Waals surface area contributed by atoms with Crippen LogP contribution in [0.1, 0.15) is 24.1 Å². The largest absolute Gasteiger partial charge is 0.486 e. The van der Waals surface area contributed by atoms with Gasteiger partial charge in [0.15, 0.2) is 17.5 Å². The van der Waals surface area contributed by atoms with Gasteiger partial charge in [0.1, 0.15) is 37.7 Å². The van der Waals surface area contributed by atoms with E-state index in [-0.39, 0.29) is 0 Å². The molecular formula is C22H28N6O3.